The molecule has 0 bridgehead atoms. The number of nitrogens with two attached hydrogens (primary N) is 1. The van der Waals surface area contributed by atoms with Crippen molar-refractivity contribution in [3.8, 4) is 5.75 Å². The number of carbonyl (C=O) groups excluding carboxylic acids is 5. The molecule has 4 amide bonds. The quantitative estimate of drug-likeness (QED) is 0.0679. The van der Waals surface area contributed by atoms with Crippen molar-refractivity contribution in [2.45, 2.75) is 73.8 Å². The van der Waals surface area contributed by atoms with Crippen LogP contribution in [-0.4, -0.2) is 55.8 Å². The molecule has 8 rings (SSSR count). The second kappa shape index (κ2) is 26.4. The van der Waals surface area contributed by atoms with Gasteiger partial charge in [-0.3, -0.25) is 24.5 Å². The van der Waals surface area contributed by atoms with Crippen LogP contribution >= 0.6 is 0 Å². The van der Waals surface area contributed by atoms with Crippen LogP contribution < -0.4 is 31.7 Å². The smallest absolute Gasteiger partial charge is 0.412 e. The summed E-state index contributed by atoms with van der Waals surface area (Å²) in [6.45, 7) is 15.4. The lowest BCUT2D eigenvalue weighted by molar-refractivity contribution is -0.120. The number of aryl methyl sites for hydroxylation is 5. The van der Waals surface area contributed by atoms with Crippen molar-refractivity contribution in [2.75, 3.05) is 27.0 Å². The van der Waals surface area contributed by atoms with Crippen LogP contribution in [0.3, 0.4) is 0 Å². The Labute approximate surface area is 442 Å². The van der Waals surface area contributed by atoms with Gasteiger partial charge in [0.15, 0.2) is 0 Å². The van der Waals surface area contributed by atoms with E-state index in [0.29, 0.717) is 69.6 Å². The van der Waals surface area contributed by atoms with Gasteiger partial charge in [0.25, 0.3) is 24.2 Å². The van der Waals surface area contributed by atoms with Crippen LogP contribution in [0.4, 0.5) is 33.2 Å². The van der Waals surface area contributed by atoms with Gasteiger partial charge in [-0.05, 0) is 132 Å². The minimum atomic E-state index is -0.592. The molecule has 0 saturated heterocycles. The zero-order chi connectivity index (χ0) is 54.8. The molecule has 0 radical (unpaired) electrons. The van der Waals surface area contributed by atoms with Gasteiger partial charge in [-0.1, -0.05) is 89.5 Å². The van der Waals surface area contributed by atoms with Crippen molar-refractivity contribution in [3.05, 3.63) is 226 Å². The van der Waals surface area contributed by atoms with E-state index in [-0.39, 0.29) is 17.7 Å². The van der Waals surface area contributed by atoms with Gasteiger partial charge < -0.3 is 31.2 Å². The molecule has 6 aromatic carbocycles. The molecule has 2 aromatic heterocycles. The molecule has 0 atom stereocenters. The van der Waals surface area contributed by atoms with Gasteiger partial charge in [0, 0.05) is 52.7 Å². The number of benzene rings is 6. The van der Waals surface area contributed by atoms with E-state index in [4.69, 9.17) is 15.2 Å². The second-order valence-electron chi connectivity index (χ2n) is 18.8. The van der Waals surface area contributed by atoms with Gasteiger partial charge in [-0.25, -0.2) is 24.7 Å². The molecule has 0 aliphatic rings. The standard InChI is InChI=1S/C32H33N5O4.C16H15NO3.C12H13N3/c1-20-8-6-10-23(14-20)29(38)35-25-13-12-21(2)27(17-25)30(39)36-26-18-33-28(34-19-26)16-22-9-7-11-24(15-22)37-31(40)41-32(3,4)5;1-11-4-3-5-13(8-11)16(19)17-14-7-6-12(2)15(9-14)20-10-18;1-9-3-2-4-10(5-9)6-12-14-7-11(13)8-15-12/h6-15,17-19H,16H2,1-5H3,(H,35,38)(H,36,39)(H,37,40);3-10H,1-2H3,(H,17,19);2-5,7-8H,6,13H2,1H3. The summed E-state index contributed by atoms with van der Waals surface area (Å²) in [5.74, 6) is 0.992. The predicted octanol–water partition coefficient (Wildman–Crippen LogP) is 11.6. The molecule has 0 aliphatic heterocycles. The molecule has 16 nitrogen and oxygen atoms in total. The maximum absolute atomic E-state index is 13.1. The molecule has 0 aliphatic carbocycles. The number of carbonyl (C=O) groups is 5. The van der Waals surface area contributed by atoms with Gasteiger partial charge in [0.2, 0.25) is 0 Å². The van der Waals surface area contributed by atoms with E-state index in [1.165, 1.54) is 11.1 Å². The highest BCUT2D eigenvalue weighted by molar-refractivity contribution is 6.08. The first kappa shape index (κ1) is 55.7. The molecule has 6 N–H and O–H groups in total. The Morgan fingerprint density at radius 2 is 0.987 bits per heavy atom. The van der Waals surface area contributed by atoms with Gasteiger partial charge in [0.1, 0.15) is 23.0 Å². The number of anilines is 5. The average Bonchev–Trinajstić information content (AvgIpc) is 3.37. The number of aromatic nitrogens is 4. The molecular formula is C60H61N9O7. The van der Waals surface area contributed by atoms with E-state index in [9.17, 15) is 24.0 Å². The topological polar surface area (TPSA) is 230 Å². The second-order valence-corrected chi connectivity index (χ2v) is 18.8. The summed E-state index contributed by atoms with van der Waals surface area (Å²) in [4.78, 5) is 77.4. The summed E-state index contributed by atoms with van der Waals surface area (Å²) in [6, 6.07) is 40.7. The summed E-state index contributed by atoms with van der Waals surface area (Å²) in [5.41, 5.74) is 16.2. The highest BCUT2D eigenvalue weighted by Gasteiger charge is 2.17. The van der Waals surface area contributed by atoms with Crippen molar-refractivity contribution in [2.24, 2.45) is 0 Å². The Balaban J connectivity index is 0.000000219. The molecular weight excluding hydrogens is 959 g/mol. The van der Waals surface area contributed by atoms with E-state index in [1.807, 2.05) is 82.3 Å². The lowest BCUT2D eigenvalue weighted by Gasteiger charge is -2.19. The molecule has 0 fully saturated rings. The van der Waals surface area contributed by atoms with Crippen LogP contribution in [0.2, 0.25) is 0 Å². The number of hydrogen-bond acceptors (Lipinski definition) is 12. The van der Waals surface area contributed by atoms with Crippen molar-refractivity contribution >= 4 is 58.7 Å². The summed E-state index contributed by atoms with van der Waals surface area (Å²) < 4.78 is 10.2. The fraction of sp³-hybridized carbons (Fsp3) is 0.183. The third-order valence-corrected chi connectivity index (χ3v) is 11.0. The lowest BCUT2D eigenvalue weighted by atomic mass is 10.1. The molecule has 388 valence electrons. The minimum absolute atomic E-state index is 0.199. The van der Waals surface area contributed by atoms with Gasteiger partial charge >= 0.3 is 6.09 Å². The van der Waals surface area contributed by atoms with Crippen LogP contribution in [0.1, 0.15) is 102 Å². The highest BCUT2D eigenvalue weighted by Crippen LogP contribution is 2.24. The minimum Gasteiger partial charge on any atom is -0.444 e. The Kier molecular flexibility index (Phi) is 19.4. The third kappa shape index (κ3) is 17.9. The van der Waals surface area contributed by atoms with Crippen molar-refractivity contribution < 1.29 is 33.4 Å². The Morgan fingerprint density at radius 1 is 0.513 bits per heavy atom. The van der Waals surface area contributed by atoms with E-state index >= 15 is 0 Å². The first-order valence-electron chi connectivity index (χ1n) is 24.2. The summed E-state index contributed by atoms with van der Waals surface area (Å²) >= 11 is 0. The van der Waals surface area contributed by atoms with Crippen LogP contribution in [0.25, 0.3) is 0 Å². The fourth-order valence-corrected chi connectivity index (χ4v) is 7.31. The van der Waals surface area contributed by atoms with Crippen LogP contribution in [-0.2, 0) is 22.4 Å². The summed E-state index contributed by atoms with van der Waals surface area (Å²) in [6.07, 6.45) is 7.02. The highest BCUT2D eigenvalue weighted by atomic mass is 16.6. The van der Waals surface area contributed by atoms with Crippen LogP contribution in [0.15, 0.2) is 158 Å². The molecule has 0 unspecified atom stereocenters. The van der Waals surface area contributed by atoms with Crippen LogP contribution in [0.5, 0.6) is 5.75 Å². The number of nitrogens with one attached hydrogen (secondary N) is 4. The maximum atomic E-state index is 13.1. The molecule has 76 heavy (non-hydrogen) atoms. The number of hydrogen-bond donors (Lipinski definition) is 5. The zero-order valence-corrected chi connectivity index (χ0v) is 43.7. The number of nitrogens with zero attached hydrogens (tertiary/aromatic N) is 4. The largest absolute Gasteiger partial charge is 0.444 e. The maximum Gasteiger partial charge on any atom is 0.412 e. The molecule has 8 aromatic rings. The zero-order valence-electron chi connectivity index (χ0n) is 43.7. The number of ether oxygens (including phenoxy) is 2. The first-order chi connectivity index (χ1) is 36.3. The Bertz CT molecular complexity index is 3320. The SMILES string of the molecule is Cc1cccc(C(=O)Nc2ccc(C)c(C(=O)Nc3cnc(Cc4cccc(NC(=O)OC(C)(C)C)c4)nc3)c2)c1.Cc1cccc(C(=O)Nc2ccc(C)c(OC=O)c2)c1.Cc1cccc(Cc2ncc(N)cn2)c1. The lowest BCUT2D eigenvalue weighted by Crippen LogP contribution is -2.27. The van der Waals surface area contributed by atoms with Gasteiger partial charge in [0.05, 0.1) is 36.2 Å². The monoisotopic (exact) mass is 1020 g/mol. The van der Waals surface area contributed by atoms with Crippen molar-refractivity contribution in [3.63, 3.8) is 0 Å². The van der Waals surface area contributed by atoms with Crippen molar-refractivity contribution in [1.82, 2.24) is 19.9 Å². The molecule has 16 heteroatoms. The first-order valence-corrected chi connectivity index (χ1v) is 24.2. The number of amides is 4. The third-order valence-electron chi connectivity index (χ3n) is 11.0. The van der Waals surface area contributed by atoms with E-state index in [1.54, 1.807) is 106 Å². The average molecular weight is 1020 g/mol. The van der Waals surface area contributed by atoms with Crippen molar-refractivity contribution in [1.29, 1.82) is 0 Å². The van der Waals surface area contributed by atoms with Gasteiger partial charge in [-0.15, -0.1) is 0 Å². The predicted molar refractivity (Wildman–Crippen MR) is 297 cm³/mol. The van der Waals surface area contributed by atoms with Gasteiger partial charge in [-0.2, -0.15) is 0 Å². The fourth-order valence-electron chi connectivity index (χ4n) is 7.31. The summed E-state index contributed by atoms with van der Waals surface area (Å²) in [5, 5.41) is 11.2. The Morgan fingerprint density at radius 3 is 1.53 bits per heavy atom. The molecule has 0 spiro atoms. The Hall–Kier alpha value is -9.57. The normalized spacial score (nSPS) is 10.5. The molecule has 0 saturated carbocycles. The number of rotatable bonds is 13. The molecule has 2 heterocycles. The van der Waals surface area contributed by atoms with E-state index in [2.05, 4.69) is 66.3 Å². The van der Waals surface area contributed by atoms with Crippen LogP contribution in [0, 0.1) is 34.6 Å². The van der Waals surface area contributed by atoms with E-state index in [0.717, 1.165) is 40.1 Å². The summed E-state index contributed by atoms with van der Waals surface area (Å²) in [7, 11) is 0. The number of nitrogen functional groups attached to an aromatic ring is 1. The van der Waals surface area contributed by atoms with E-state index < -0.39 is 11.7 Å².